The Morgan fingerprint density at radius 3 is 1.80 bits per heavy atom. The zero-order valence-electron chi connectivity index (χ0n) is 18.2. The molecule has 0 aromatic carbocycles. The maximum atomic E-state index is 12.4. The van der Waals surface area contributed by atoms with Crippen molar-refractivity contribution in [1.82, 2.24) is 5.32 Å². The van der Waals surface area contributed by atoms with Crippen LogP contribution in [0.3, 0.4) is 0 Å². The summed E-state index contributed by atoms with van der Waals surface area (Å²) in [5.74, 6) is -3.49. The third-order valence-corrected chi connectivity index (χ3v) is 4.98. The number of carboxylic acid groups (broad SMARTS) is 1. The van der Waals surface area contributed by atoms with E-state index >= 15 is 0 Å². The molecule has 0 saturated carbocycles. The minimum atomic E-state index is -3.23. The first-order chi connectivity index (χ1) is 12.7. The number of nitrogens with two attached hydrogens (primary N) is 1. The Labute approximate surface area is 202 Å². The van der Waals surface area contributed by atoms with E-state index < -0.39 is 45.5 Å². The number of amides is 1. The SMILES string of the molecule is CC(C)C(CC(=O)C(N)CCS(C)(=O)=O)C(=O)NC(C(=O)O)C(C)C.COO.[V].[V]. The molecule has 5 N–H and O–H groups in total. The first kappa shape index (κ1) is 37.0. The van der Waals surface area contributed by atoms with E-state index in [1.54, 1.807) is 27.7 Å². The number of nitrogens with one attached hydrogen (secondary N) is 1. The number of rotatable bonds is 11. The number of hydrogen-bond acceptors (Lipinski definition) is 8. The molecule has 0 aromatic heterocycles. The Hall–Kier alpha value is -0.391. The minimum absolute atomic E-state index is 0. The van der Waals surface area contributed by atoms with Crippen LogP contribution in [0.1, 0.15) is 40.5 Å². The summed E-state index contributed by atoms with van der Waals surface area (Å²) >= 11 is 0. The van der Waals surface area contributed by atoms with Crippen molar-refractivity contribution in [3.8, 4) is 0 Å². The van der Waals surface area contributed by atoms with Gasteiger partial charge >= 0.3 is 5.97 Å². The van der Waals surface area contributed by atoms with Gasteiger partial charge in [0.25, 0.3) is 0 Å². The number of aliphatic carboxylic acids is 1. The van der Waals surface area contributed by atoms with Crippen LogP contribution in [0.15, 0.2) is 0 Å². The molecule has 0 spiro atoms. The van der Waals surface area contributed by atoms with Crippen molar-refractivity contribution < 1.29 is 75.2 Å². The van der Waals surface area contributed by atoms with E-state index in [0.717, 1.165) is 6.26 Å². The van der Waals surface area contributed by atoms with Gasteiger partial charge in [-0.25, -0.2) is 18.1 Å². The Kier molecular flexibility index (Phi) is 22.4. The van der Waals surface area contributed by atoms with Crippen LogP contribution in [-0.4, -0.2) is 67.6 Å². The summed E-state index contributed by atoms with van der Waals surface area (Å²) in [6.07, 6.45) is 0.902. The number of ketones is 1. The normalized spacial score (nSPS) is 13.7. The molecule has 10 nitrogen and oxygen atoms in total. The number of Topliss-reactive ketones (excluding diaryl/α,β-unsaturated/α-hetero) is 1. The van der Waals surface area contributed by atoms with Gasteiger partial charge in [0.05, 0.1) is 18.9 Å². The fraction of sp³-hybridized carbons (Fsp3) is 0.824. The molecule has 0 aliphatic heterocycles. The smallest absolute Gasteiger partial charge is 0.326 e. The van der Waals surface area contributed by atoms with Gasteiger partial charge in [0.2, 0.25) is 5.91 Å². The van der Waals surface area contributed by atoms with Crippen LogP contribution in [0.4, 0.5) is 0 Å². The molecule has 3 unspecified atom stereocenters. The van der Waals surface area contributed by atoms with Gasteiger partial charge in [0.15, 0.2) is 0 Å². The topological polar surface area (TPSA) is 173 Å². The van der Waals surface area contributed by atoms with E-state index in [4.69, 9.17) is 11.0 Å². The van der Waals surface area contributed by atoms with E-state index in [0.29, 0.717) is 0 Å². The zero-order valence-corrected chi connectivity index (χ0v) is 21.8. The molecule has 0 rings (SSSR count). The predicted octanol–water partition coefficient (Wildman–Crippen LogP) is 0.306. The molecule has 176 valence electrons. The number of carbonyl (C=O) groups is 3. The van der Waals surface area contributed by atoms with E-state index in [1.807, 2.05) is 0 Å². The van der Waals surface area contributed by atoms with Gasteiger partial charge in [-0.15, -0.1) is 0 Å². The molecule has 0 aliphatic rings. The van der Waals surface area contributed by atoms with E-state index in [-0.39, 0.29) is 67.5 Å². The van der Waals surface area contributed by atoms with Gasteiger partial charge in [0, 0.05) is 55.7 Å². The summed E-state index contributed by atoms with van der Waals surface area (Å²) in [5.41, 5.74) is 5.73. The molecule has 1 amide bonds. The number of hydrogen-bond donors (Lipinski definition) is 4. The second-order valence-electron chi connectivity index (χ2n) is 7.30. The second-order valence-corrected chi connectivity index (χ2v) is 9.56. The Bertz CT molecular complexity index is 615. The Balaban J connectivity index is -0.000000634. The van der Waals surface area contributed by atoms with Crippen LogP contribution in [-0.2, 0) is 66.2 Å². The fourth-order valence-electron chi connectivity index (χ4n) is 2.28. The zero-order chi connectivity index (χ0) is 22.7. The van der Waals surface area contributed by atoms with Crippen LogP contribution < -0.4 is 11.1 Å². The van der Waals surface area contributed by atoms with Crippen LogP contribution >= 0.6 is 0 Å². The van der Waals surface area contributed by atoms with Crippen molar-refractivity contribution >= 4 is 27.5 Å². The Morgan fingerprint density at radius 1 is 1.07 bits per heavy atom. The monoisotopic (exact) mass is 528 g/mol. The molecule has 3 atom stereocenters. The summed E-state index contributed by atoms with van der Waals surface area (Å²) in [4.78, 5) is 39.1. The molecule has 30 heavy (non-hydrogen) atoms. The Morgan fingerprint density at radius 2 is 1.50 bits per heavy atom. The predicted molar refractivity (Wildman–Crippen MR) is 104 cm³/mol. The standard InChI is InChI=1S/C16H30N2O6S.CH4O2.2V/c1-9(2)11(15(20)18-14(10(3)4)16(21)22)8-13(19)12(17)6-7-25(5,23)24;1-3-2;;/h9-12,14H,6-8,17H2,1-5H3,(H,18,20)(H,21,22);2H,1H3;;. The van der Waals surface area contributed by atoms with Gasteiger partial charge in [0.1, 0.15) is 21.7 Å². The largest absolute Gasteiger partial charge is 0.480 e. The van der Waals surface area contributed by atoms with Gasteiger partial charge < -0.3 is 16.2 Å². The molecular weight excluding hydrogens is 494 g/mol. The van der Waals surface area contributed by atoms with Gasteiger partial charge in [-0.3, -0.25) is 14.8 Å². The van der Waals surface area contributed by atoms with Crippen molar-refractivity contribution in [2.45, 2.75) is 52.6 Å². The summed E-state index contributed by atoms with van der Waals surface area (Å²) in [5, 5.41) is 18.7. The van der Waals surface area contributed by atoms with Crippen molar-refractivity contribution in [1.29, 1.82) is 0 Å². The number of carboxylic acids is 1. The molecule has 0 bridgehead atoms. The van der Waals surface area contributed by atoms with Crippen molar-refractivity contribution in [3.05, 3.63) is 0 Å². The van der Waals surface area contributed by atoms with E-state index in [1.165, 1.54) is 7.11 Å². The van der Waals surface area contributed by atoms with Crippen LogP contribution in [0.5, 0.6) is 0 Å². The summed E-state index contributed by atoms with van der Waals surface area (Å²) in [6.45, 7) is 6.86. The van der Waals surface area contributed by atoms with Crippen molar-refractivity contribution in [3.63, 3.8) is 0 Å². The molecular formula is C17H34N2O8SV2. The molecule has 0 aromatic rings. The minimum Gasteiger partial charge on any atom is -0.480 e. The number of carbonyl (C=O) groups excluding carboxylic acids is 2. The van der Waals surface area contributed by atoms with Crippen LogP contribution in [0.2, 0.25) is 0 Å². The summed E-state index contributed by atoms with van der Waals surface area (Å²) in [7, 11) is -2.05. The van der Waals surface area contributed by atoms with Crippen LogP contribution in [0.25, 0.3) is 0 Å². The summed E-state index contributed by atoms with van der Waals surface area (Å²) in [6, 6.07) is -2.01. The van der Waals surface area contributed by atoms with Crippen LogP contribution in [0, 0.1) is 17.8 Å². The van der Waals surface area contributed by atoms with Gasteiger partial charge in [-0.1, -0.05) is 27.7 Å². The van der Waals surface area contributed by atoms with E-state index in [2.05, 4.69) is 10.2 Å². The molecule has 0 fully saturated rings. The van der Waals surface area contributed by atoms with E-state index in [9.17, 15) is 27.9 Å². The first-order valence-electron chi connectivity index (χ1n) is 8.84. The third kappa shape index (κ3) is 17.3. The van der Waals surface area contributed by atoms with Gasteiger partial charge in [-0.2, -0.15) is 0 Å². The molecule has 0 saturated heterocycles. The molecule has 2 radical (unpaired) electrons. The fourth-order valence-corrected chi connectivity index (χ4v) is 2.96. The molecule has 0 heterocycles. The summed E-state index contributed by atoms with van der Waals surface area (Å²) < 4.78 is 22.3. The molecule has 0 aliphatic carbocycles. The van der Waals surface area contributed by atoms with Gasteiger partial charge in [-0.05, 0) is 18.3 Å². The van der Waals surface area contributed by atoms with Crippen molar-refractivity contribution in [2.24, 2.45) is 23.5 Å². The maximum Gasteiger partial charge on any atom is 0.326 e. The first-order valence-corrected chi connectivity index (χ1v) is 10.9. The third-order valence-electron chi connectivity index (χ3n) is 4.01. The average Bonchev–Trinajstić information content (AvgIpc) is 2.53. The quantitative estimate of drug-likeness (QED) is 0.217. The number of sulfone groups is 1. The maximum absolute atomic E-state index is 12.4. The van der Waals surface area contributed by atoms with Crippen molar-refractivity contribution in [2.75, 3.05) is 19.1 Å². The molecule has 13 heteroatoms. The second kappa shape index (κ2) is 18.2. The average molecular weight is 528 g/mol.